The van der Waals surface area contributed by atoms with E-state index >= 15 is 0 Å². The first-order valence-corrected chi connectivity index (χ1v) is 7.67. The number of hydrogen-bond acceptors (Lipinski definition) is 4. The zero-order valence-corrected chi connectivity index (χ0v) is 13.2. The smallest absolute Gasteiger partial charge is 0.305 e. The maximum Gasteiger partial charge on any atom is 0.305 e. The van der Waals surface area contributed by atoms with E-state index in [0.717, 1.165) is 31.7 Å². The van der Waals surface area contributed by atoms with Crippen molar-refractivity contribution in [1.29, 1.82) is 0 Å². The monoisotopic (exact) mass is 294 g/mol. The maximum atomic E-state index is 10.6. The molecule has 1 saturated heterocycles. The fraction of sp³-hybridized carbons (Fsp3) is 0.733. The Bertz CT molecular complexity index is 472. The molecule has 1 aromatic rings. The lowest BCUT2D eigenvalue weighted by Gasteiger charge is -2.42. The Morgan fingerprint density at radius 3 is 2.86 bits per heavy atom. The second-order valence-corrected chi connectivity index (χ2v) is 6.17. The van der Waals surface area contributed by atoms with Gasteiger partial charge in [-0.15, -0.1) is 0 Å². The summed E-state index contributed by atoms with van der Waals surface area (Å²) in [7, 11) is 0. The molecule has 0 spiro atoms. The highest BCUT2D eigenvalue weighted by molar-refractivity contribution is 5.66. The number of aryl methyl sites for hydroxylation is 1. The van der Waals surface area contributed by atoms with Crippen molar-refractivity contribution in [3.05, 3.63) is 18.0 Å². The van der Waals surface area contributed by atoms with Gasteiger partial charge >= 0.3 is 5.97 Å². The fourth-order valence-electron chi connectivity index (χ4n) is 3.04. The summed E-state index contributed by atoms with van der Waals surface area (Å²) in [5.74, 6) is -0.786. The zero-order valence-electron chi connectivity index (χ0n) is 13.2. The van der Waals surface area contributed by atoms with Gasteiger partial charge in [0.25, 0.3) is 0 Å². The molecule has 1 N–H and O–H groups in total. The number of aliphatic carboxylic acids is 1. The van der Waals surface area contributed by atoms with Crippen LogP contribution in [0.5, 0.6) is 0 Å². The summed E-state index contributed by atoms with van der Waals surface area (Å²) >= 11 is 0. The standard InChI is InChI=1S/C15H26N4O2/c1-12(2)19-7-6-17(9-13(19)3)10-14-8-16-18(11-14)5-4-15(20)21/h8,11-13H,4-7,9-10H2,1-3H3,(H,20,21). The minimum Gasteiger partial charge on any atom is -0.481 e. The molecule has 0 saturated carbocycles. The third kappa shape index (κ3) is 4.54. The van der Waals surface area contributed by atoms with Crippen LogP contribution in [-0.4, -0.2) is 62.4 Å². The van der Waals surface area contributed by atoms with E-state index in [9.17, 15) is 4.79 Å². The van der Waals surface area contributed by atoms with Crippen molar-refractivity contribution >= 4 is 5.97 Å². The van der Waals surface area contributed by atoms with Gasteiger partial charge in [0.1, 0.15) is 0 Å². The SMILES string of the molecule is CC(C)N1CCN(Cc2cnn(CCC(=O)O)c2)CC1C. The number of carboxylic acid groups (broad SMARTS) is 1. The summed E-state index contributed by atoms with van der Waals surface area (Å²) in [6.45, 7) is 11.4. The zero-order chi connectivity index (χ0) is 15.4. The first-order valence-electron chi connectivity index (χ1n) is 7.67. The Hall–Kier alpha value is -1.40. The lowest BCUT2D eigenvalue weighted by molar-refractivity contribution is -0.137. The van der Waals surface area contributed by atoms with Crippen molar-refractivity contribution < 1.29 is 9.90 Å². The van der Waals surface area contributed by atoms with E-state index in [-0.39, 0.29) is 6.42 Å². The van der Waals surface area contributed by atoms with E-state index < -0.39 is 5.97 Å². The summed E-state index contributed by atoms with van der Waals surface area (Å²) in [4.78, 5) is 15.5. The molecule has 1 aliphatic rings. The first kappa shape index (κ1) is 16.0. The molecule has 6 nitrogen and oxygen atoms in total. The van der Waals surface area contributed by atoms with Gasteiger partial charge in [0.05, 0.1) is 19.2 Å². The molecule has 1 aliphatic heterocycles. The predicted octanol–water partition coefficient (Wildman–Crippen LogP) is 1.27. The van der Waals surface area contributed by atoms with Crippen LogP contribution in [0.2, 0.25) is 0 Å². The molecule has 0 aliphatic carbocycles. The summed E-state index contributed by atoms with van der Waals surface area (Å²) < 4.78 is 1.72. The predicted molar refractivity (Wildman–Crippen MR) is 81.1 cm³/mol. The van der Waals surface area contributed by atoms with E-state index in [0.29, 0.717) is 18.6 Å². The van der Waals surface area contributed by atoms with E-state index in [1.165, 1.54) is 0 Å². The Balaban J connectivity index is 1.84. The van der Waals surface area contributed by atoms with Gasteiger partial charge in [-0.3, -0.25) is 19.3 Å². The van der Waals surface area contributed by atoms with Crippen LogP contribution in [0.1, 0.15) is 32.8 Å². The van der Waals surface area contributed by atoms with Crippen molar-refractivity contribution in [1.82, 2.24) is 19.6 Å². The molecule has 0 amide bonds. The number of rotatable bonds is 6. The number of carboxylic acids is 1. The topological polar surface area (TPSA) is 61.6 Å². The maximum absolute atomic E-state index is 10.6. The van der Waals surface area contributed by atoms with Crippen molar-refractivity contribution in [3.8, 4) is 0 Å². The number of hydrogen-bond donors (Lipinski definition) is 1. The molecule has 118 valence electrons. The van der Waals surface area contributed by atoms with Crippen LogP contribution in [-0.2, 0) is 17.9 Å². The molecular formula is C15H26N4O2. The van der Waals surface area contributed by atoms with Crippen molar-refractivity contribution in [3.63, 3.8) is 0 Å². The molecule has 2 rings (SSSR count). The molecule has 1 atom stereocenters. The third-order valence-electron chi connectivity index (χ3n) is 4.07. The van der Waals surface area contributed by atoms with E-state index in [4.69, 9.17) is 5.11 Å². The minimum absolute atomic E-state index is 0.116. The summed E-state index contributed by atoms with van der Waals surface area (Å²) in [6, 6.07) is 1.17. The normalized spacial score (nSPS) is 21.0. The van der Waals surface area contributed by atoms with Crippen LogP contribution < -0.4 is 0 Å². The number of nitrogens with zero attached hydrogens (tertiary/aromatic N) is 4. The largest absolute Gasteiger partial charge is 0.481 e. The quantitative estimate of drug-likeness (QED) is 0.856. The van der Waals surface area contributed by atoms with E-state index in [1.807, 2.05) is 12.4 Å². The highest BCUT2D eigenvalue weighted by Crippen LogP contribution is 2.15. The minimum atomic E-state index is -0.786. The van der Waals surface area contributed by atoms with Gasteiger partial charge in [-0.1, -0.05) is 0 Å². The van der Waals surface area contributed by atoms with Gasteiger partial charge in [0.15, 0.2) is 0 Å². The second-order valence-electron chi connectivity index (χ2n) is 6.17. The average Bonchev–Trinajstić information content (AvgIpc) is 2.83. The first-order chi connectivity index (χ1) is 9.95. The lowest BCUT2D eigenvalue weighted by atomic mass is 10.1. The number of aromatic nitrogens is 2. The summed E-state index contributed by atoms with van der Waals surface area (Å²) in [5, 5.41) is 12.9. The van der Waals surface area contributed by atoms with Crippen molar-refractivity contribution in [2.24, 2.45) is 0 Å². The molecule has 0 bridgehead atoms. The van der Waals surface area contributed by atoms with Gasteiger partial charge in [0.2, 0.25) is 0 Å². The lowest BCUT2D eigenvalue weighted by Crippen LogP contribution is -2.53. The van der Waals surface area contributed by atoms with Crippen molar-refractivity contribution in [2.45, 2.75) is 52.4 Å². The molecule has 0 aromatic carbocycles. The molecule has 1 fully saturated rings. The Kier molecular flexibility index (Phi) is 5.36. The highest BCUT2D eigenvalue weighted by Gasteiger charge is 2.25. The van der Waals surface area contributed by atoms with Crippen LogP contribution >= 0.6 is 0 Å². The molecule has 2 heterocycles. The molecule has 21 heavy (non-hydrogen) atoms. The van der Waals surface area contributed by atoms with Crippen molar-refractivity contribution in [2.75, 3.05) is 19.6 Å². The Labute approximate surface area is 126 Å². The molecule has 6 heteroatoms. The van der Waals surface area contributed by atoms with E-state index in [1.54, 1.807) is 4.68 Å². The van der Waals surface area contributed by atoms with Gasteiger partial charge in [-0.2, -0.15) is 5.10 Å². The third-order valence-corrected chi connectivity index (χ3v) is 4.07. The van der Waals surface area contributed by atoms with Crippen LogP contribution in [0, 0.1) is 0 Å². The molecule has 1 aromatic heterocycles. The molecule has 0 radical (unpaired) electrons. The van der Waals surface area contributed by atoms with Crippen LogP contribution in [0.25, 0.3) is 0 Å². The van der Waals surface area contributed by atoms with Gasteiger partial charge in [0, 0.05) is 50.0 Å². The summed E-state index contributed by atoms with van der Waals surface area (Å²) in [5.41, 5.74) is 1.16. The van der Waals surface area contributed by atoms with Gasteiger partial charge in [-0.25, -0.2) is 0 Å². The summed E-state index contributed by atoms with van der Waals surface area (Å²) in [6.07, 6.45) is 3.93. The van der Waals surface area contributed by atoms with Crippen LogP contribution in [0.15, 0.2) is 12.4 Å². The molecular weight excluding hydrogens is 268 g/mol. The second kappa shape index (κ2) is 7.04. The molecule has 1 unspecified atom stereocenters. The number of carbonyl (C=O) groups is 1. The van der Waals surface area contributed by atoms with Crippen LogP contribution in [0.3, 0.4) is 0 Å². The van der Waals surface area contributed by atoms with Gasteiger partial charge < -0.3 is 5.11 Å². The van der Waals surface area contributed by atoms with Crippen LogP contribution in [0.4, 0.5) is 0 Å². The van der Waals surface area contributed by atoms with Gasteiger partial charge in [-0.05, 0) is 20.8 Å². The highest BCUT2D eigenvalue weighted by atomic mass is 16.4. The number of piperazine rings is 1. The van der Waals surface area contributed by atoms with E-state index in [2.05, 4.69) is 35.7 Å². The average molecular weight is 294 g/mol. The fourth-order valence-corrected chi connectivity index (χ4v) is 3.04. The Morgan fingerprint density at radius 2 is 2.24 bits per heavy atom. The Morgan fingerprint density at radius 1 is 1.48 bits per heavy atom.